The summed E-state index contributed by atoms with van der Waals surface area (Å²) in [6.07, 6.45) is 6.29. The fourth-order valence-electron chi connectivity index (χ4n) is 2.27. The van der Waals surface area contributed by atoms with E-state index < -0.39 is 0 Å². The van der Waals surface area contributed by atoms with Gasteiger partial charge in [-0.2, -0.15) is 0 Å². The summed E-state index contributed by atoms with van der Waals surface area (Å²) >= 11 is 0. The van der Waals surface area contributed by atoms with Crippen molar-refractivity contribution in [2.45, 2.75) is 12.5 Å². The van der Waals surface area contributed by atoms with Crippen molar-refractivity contribution < 1.29 is 4.79 Å². The summed E-state index contributed by atoms with van der Waals surface area (Å²) in [7, 11) is 0. The van der Waals surface area contributed by atoms with E-state index in [1.54, 1.807) is 12.5 Å². The number of aromatic nitrogens is 2. The molecular formula is C14H18Cl2N4O. The maximum Gasteiger partial charge on any atom is 0.251 e. The van der Waals surface area contributed by atoms with Crippen LogP contribution < -0.4 is 10.6 Å². The van der Waals surface area contributed by atoms with Crippen LogP contribution >= 0.6 is 24.8 Å². The topological polar surface area (TPSA) is 59.0 Å². The highest BCUT2D eigenvalue weighted by atomic mass is 35.5. The molecule has 1 saturated heterocycles. The standard InChI is InChI=1S/C14H16N4O.2ClH/c19-14(17-12-4-5-15-9-12)11-2-1-3-13(8-11)18-7-6-16-10-18;;/h1-3,6-8,10,12,15H,4-5,9H2,(H,17,19);2*1H. The van der Waals surface area contributed by atoms with Crippen molar-refractivity contribution in [1.82, 2.24) is 20.2 Å². The van der Waals surface area contributed by atoms with E-state index in [-0.39, 0.29) is 36.8 Å². The zero-order valence-electron chi connectivity index (χ0n) is 11.4. The van der Waals surface area contributed by atoms with Crippen LogP contribution in [0.3, 0.4) is 0 Å². The maximum absolute atomic E-state index is 12.2. The molecule has 1 atom stereocenters. The van der Waals surface area contributed by atoms with Crippen LogP contribution in [0.4, 0.5) is 0 Å². The summed E-state index contributed by atoms with van der Waals surface area (Å²) in [5.74, 6) is -0.0179. The van der Waals surface area contributed by atoms with E-state index in [4.69, 9.17) is 0 Å². The SMILES string of the molecule is Cl.Cl.O=C(NC1CCNC1)c1cccc(-n2ccnc2)c1. The van der Waals surface area contributed by atoms with Crippen molar-refractivity contribution in [3.05, 3.63) is 48.5 Å². The third-order valence-electron chi connectivity index (χ3n) is 3.31. The van der Waals surface area contributed by atoms with Gasteiger partial charge in [0.1, 0.15) is 0 Å². The van der Waals surface area contributed by atoms with Crippen LogP contribution in [-0.2, 0) is 0 Å². The third kappa shape index (κ3) is 4.20. The molecule has 1 fully saturated rings. The second kappa shape index (κ2) is 8.02. The molecule has 0 aliphatic carbocycles. The lowest BCUT2D eigenvalue weighted by Crippen LogP contribution is -2.36. The van der Waals surface area contributed by atoms with Gasteiger partial charge in [0.15, 0.2) is 0 Å². The number of carbonyl (C=O) groups excluding carboxylic acids is 1. The molecule has 7 heteroatoms. The Kier molecular flexibility index (Phi) is 6.68. The summed E-state index contributed by atoms with van der Waals surface area (Å²) in [4.78, 5) is 16.2. The number of hydrogen-bond acceptors (Lipinski definition) is 3. The number of imidazole rings is 1. The lowest BCUT2D eigenvalue weighted by atomic mass is 10.1. The van der Waals surface area contributed by atoms with Crippen LogP contribution in [0.5, 0.6) is 0 Å². The lowest BCUT2D eigenvalue weighted by molar-refractivity contribution is 0.0940. The Labute approximate surface area is 136 Å². The predicted octanol–water partition coefficient (Wildman–Crippen LogP) is 1.81. The van der Waals surface area contributed by atoms with Gasteiger partial charge in [-0.25, -0.2) is 4.98 Å². The van der Waals surface area contributed by atoms with Gasteiger partial charge in [-0.15, -0.1) is 24.8 Å². The van der Waals surface area contributed by atoms with Crippen molar-refractivity contribution in [3.8, 4) is 5.69 Å². The molecule has 1 unspecified atom stereocenters. The Morgan fingerprint density at radius 3 is 2.90 bits per heavy atom. The van der Waals surface area contributed by atoms with E-state index in [1.807, 2.05) is 35.0 Å². The first-order valence-corrected chi connectivity index (χ1v) is 6.43. The second-order valence-corrected chi connectivity index (χ2v) is 4.68. The highest BCUT2D eigenvalue weighted by Crippen LogP contribution is 2.11. The van der Waals surface area contributed by atoms with E-state index in [1.165, 1.54) is 0 Å². The Morgan fingerprint density at radius 1 is 1.38 bits per heavy atom. The fraction of sp³-hybridized carbons (Fsp3) is 0.286. The van der Waals surface area contributed by atoms with E-state index in [2.05, 4.69) is 15.6 Å². The van der Waals surface area contributed by atoms with Crippen molar-refractivity contribution in [3.63, 3.8) is 0 Å². The minimum Gasteiger partial charge on any atom is -0.348 e. The lowest BCUT2D eigenvalue weighted by Gasteiger charge is -2.12. The van der Waals surface area contributed by atoms with Gasteiger partial charge in [0, 0.05) is 36.2 Å². The number of amides is 1. The van der Waals surface area contributed by atoms with E-state index >= 15 is 0 Å². The molecule has 2 heterocycles. The number of carbonyl (C=O) groups is 1. The molecule has 21 heavy (non-hydrogen) atoms. The van der Waals surface area contributed by atoms with E-state index in [0.717, 1.165) is 25.2 Å². The number of benzene rings is 1. The fourth-order valence-corrected chi connectivity index (χ4v) is 2.27. The summed E-state index contributed by atoms with van der Waals surface area (Å²) in [6.45, 7) is 1.83. The van der Waals surface area contributed by atoms with Gasteiger partial charge in [-0.1, -0.05) is 6.07 Å². The van der Waals surface area contributed by atoms with Crippen molar-refractivity contribution >= 4 is 30.7 Å². The quantitative estimate of drug-likeness (QED) is 0.903. The van der Waals surface area contributed by atoms with E-state index in [0.29, 0.717) is 5.56 Å². The average Bonchev–Trinajstić information content (AvgIpc) is 3.12. The Balaban J connectivity index is 0.00000110. The molecule has 1 aliphatic rings. The molecule has 1 amide bonds. The molecule has 0 saturated carbocycles. The van der Waals surface area contributed by atoms with Crippen LogP contribution in [-0.4, -0.2) is 34.6 Å². The molecule has 1 aliphatic heterocycles. The summed E-state index contributed by atoms with van der Waals surface area (Å²) in [5.41, 5.74) is 1.62. The minimum atomic E-state index is -0.0179. The van der Waals surface area contributed by atoms with Gasteiger partial charge in [0.25, 0.3) is 5.91 Å². The van der Waals surface area contributed by atoms with Gasteiger partial charge in [-0.3, -0.25) is 4.79 Å². The smallest absolute Gasteiger partial charge is 0.251 e. The third-order valence-corrected chi connectivity index (χ3v) is 3.31. The van der Waals surface area contributed by atoms with Gasteiger partial charge in [0.05, 0.1) is 6.33 Å². The minimum absolute atomic E-state index is 0. The van der Waals surface area contributed by atoms with Crippen LogP contribution in [0.1, 0.15) is 16.8 Å². The average molecular weight is 329 g/mol. The first-order valence-electron chi connectivity index (χ1n) is 6.43. The van der Waals surface area contributed by atoms with Gasteiger partial charge in [-0.05, 0) is 31.2 Å². The highest BCUT2D eigenvalue weighted by Gasteiger charge is 2.17. The molecule has 0 radical (unpaired) electrons. The molecule has 1 aromatic carbocycles. The van der Waals surface area contributed by atoms with Crippen molar-refractivity contribution in [2.24, 2.45) is 0 Å². The monoisotopic (exact) mass is 328 g/mol. The van der Waals surface area contributed by atoms with Crippen molar-refractivity contribution in [2.75, 3.05) is 13.1 Å². The predicted molar refractivity (Wildman–Crippen MR) is 86.8 cm³/mol. The molecule has 3 rings (SSSR count). The number of nitrogens with one attached hydrogen (secondary N) is 2. The normalized spacial score (nSPS) is 16.7. The Bertz CT molecular complexity index is 568. The zero-order valence-corrected chi connectivity index (χ0v) is 13.0. The van der Waals surface area contributed by atoms with Crippen LogP contribution in [0, 0.1) is 0 Å². The van der Waals surface area contributed by atoms with Crippen LogP contribution in [0.2, 0.25) is 0 Å². The maximum atomic E-state index is 12.2. The summed E-state index contributed by atoms with van der Waals surface area (Å²) < 4.78 is 1.88. The molecule has 0 spiro atoms. The highest BCUT2D eigenvalue weighted by molar-refractivity contribution is 5.95. The second-order valence-electron chi connectivity index (χ2n) is 4.68. The van der Waals surface area contributed by atoms with E-state index in [9.17, 15) is 4.79 Å². The number of halogens is 2. The number of nitrogens with zero attached hydrogens (tertiary/aromatic N) is 2. The number of hydrogen-bond donors (Lipinski definition) is 2. The first-order chi connectivity index (χ1) is 9.33. The Hall–Kier alpha value is -1.56. The summed E-state index contributed by atoms with van der Waals surface area (Å²) in [5, 5.41) is 6.28. The molecule has 2 N–H and O–H groups in total. The molecule has 0 bridgehead atoms. The molecule has 1 aromatic heterocycles. The van der Waals surface area contributed by atoms with Crippen molar-refractivity contribution in [1.29, 1.82) is 0 Å². The first kappa shape index (κ1) is 17.5. The molecule has 114 valence electrons. The largest absolute Gasteiger partial charge is 0.348 e. The van der Waals surface area contributed by atoms with Gasteiger partial charge >= 0.3 is 0 Å². The van der Waals surface area contributed by atoms with Crippen LogP contribution in [0.15, 0.2) is 43.0 Å². The molecule has 2 aromatic rings. The molecule has 5 nitrogen and oxygen atoms in total. The summed E-state index contributed by atoms with van der Waals surface area (Å²) in [6, 6.07) is 7.79. The zero-order chi connectivity index (χ0) is 13.1. The number of rotatable bonds is 3. The Morgan fingerprint density at radius 2 is 2.24 bits per heavy atom. The molecular weight excluding hydrogens is 311 g/mol. The van der Waals surface area contributed by atoms with Gasteiger partial charge < -0.3 is 15.2 Å². The van der Waals surface area contributed by atoms with Crippen LogP contribution in [0.25, 0.3) is 5.69 Å². The van der Waals surface area contributed by atoms with Gasteiger partial charge in [0.2, 0.25) is 0 Å².